The zero-order chi connectivity index (χ0) is 15.9. The molecule has 0 aliphatic heterocycles. The fraction of sp³-hybridized carbons (Fsp3) is 0.267. The molecule has 2 aromatic rings. The zero-order valence-electron chi connectivity index (χ0n) is 12.6. The summed E-state index contributed by atoms with van der Waals surface area (Å²) >= 11 is 2.22. The van der Waals surface area contributed by atoms with Crippen molar-refractivity contribution in [1.82, 2.24) is 9.97 Å². The van der Waals surface area contributed by atoms with Crippen LogP contribution in [0.15, 0.2) is 29.4 Å². The molecule has 0 aliphatic rings. The van der Waals surface area contributed by atoms with Gasteiger partial charge in [-0.25, -0.2) is 4.98 Å². The summed E-state index contributed by atoms with van der Waals surface area (Å²) in [4.78, 5) is 12.8. The van der Waals surface area contributed by atoms with Crippen molar-refractivity contribution in [2.75, 3.05) is 30.0 Å². The number of aliphatic imine (C=N–C) groups is 1. The third kappa shape index (κ3) is 4.30. The molecule has 0 bridgehead atoms. The molecule has 1 heterocycles. The number of nitrogens with zero attached hydrogens (tertiary/aromatic N) is 3. The molecular weight excluding hydrogens is 391 g/mol. The molecule has 0 saturated carbocycles. The highest BCUT2D eigenvalue weighted by atomic mass is 127. The maximum Gasteiger partial charge on any atom is 0.229 e. The number of anilines is 4. The minimum Gasteiger partial charge on any atom is -0.398 e. The molecular formula is C15H19IN6. The van der Waals surface area contributed by atoms with Crippen molar-refractivity contribution in [1.29, 1.82) is 0 Å². The minimum absolute atomic E-state index is 0.545. The van der Waals surface area contributed by atoms with E-state index < -0.39 is 0 Å². The number of benzene rings is 1. The fourth-order valence-electron chi connectivity index (χ4n) is 1.83. The lowest BCUT2D eigenvalue weighted by Crippen LogP contribution is -2.07. The molecule has 116 valence electrons. The van der Waals surface area contributed by atoms with E-state index in [0.717, 1.165) is 33.6 Å². The van der Waals surface area contributed by atoms with Crippen molar-refractivity contribution in [3.05, 3.63) is 33.5 Å². The van der Waals surface area contributed by atoms with Crippen LogP contribution in [-0.2, 0) is 0 Å². The smallest absolute Gasteiger partial charge is 0.229 e. The topological polar surface area (TPSA) is 88.2 Å². The Morgan fingerprint density at radius 1 is 1.41 bits per heavy atom. The third-order valence-electron chi connectivity index (χ3n) is 2.90. The van der Waals surface area contributed by atoms with E-state index in [4.69, 9.17) is 5.73 Å². The van der Waals surface area contributed by atoms with Crippen LogP contribution in [0.2, 0.25) is 0 Å². The molecule has 2 rings (SSSR count). The van der Waals surface area contributed by atoms with Crippen molar-refractivity contribution in [2.24, 2.45) is 4.99 Å². The summed E-state index contributed by atoms with van der Waals surface area (Å²) < 4.78 is 0.993. The lowest BCUT2D eigenvalue weighted by Gasteiger charge is -2.10. The second kappa shape index (κ2) is 7.92. The summed E-state index contributed by atoms with van der Waals surface area (Å²) in [7, 11) is 1.72. The van der Waals surface area contributed by atoms with E-state index >= 15 is 0 Å². The van der Waals surface area contributed by atoms with E-state index in [1.165, 1.54) is 0 Å². The average molecular weight is 410 g/mol. The number of rotatable bonds is 6. The van der Waals surface area contributed by atoms with E-state index in [1.807, 2.05) is 18.2 Å². The Labute approximate surface area is 143 Å². The maximum absolute atomic E-state index is 5.91. The molecule has 22 heavy (non-hydrogen) atoms. The molecule has 0 fully saturated rings. The van der Waals surface area contributed by atoms with Crippen molar-refractivity contribution in [3.63, 3.8) is 0 Å². The van der Waals surface area contributed by atoms with Gasteiger partial charge in [0, 0.05) is 42.9 Å². The number of hydrogen-bond acceptors (Lipinski definition) is 6. The largest absolute Gasteiger partial charge is 0.398 e. The fourth-order valence-corrected chi connectivity index (χ4v) is 2.28. The summed E-state index contributed by atoms with van der Waals surface area (Å²) in [6.07, 6.45) is 4.56. The first kappa shape index (κ1) is 16.5. The first-order valence-electron chi connectivity index (χ1n) is 6.99. The van der Waals surface area contributed by atoms with Crippen LogP contribution in [0.25, 0.3) is 0 Å². The van der Waals surface area contributed by atoms with E-state index in [1.54, 1.807) is 19.5 Å². The normalized spacial score (nSPS) is 10.9. The second-order valence-electron chi connectivity index (χ2n) is 4.67. The van der Waals surface area contributed by atoms with Gasteiger partial charge in [0.2, 0.25) is 5.95 Å². The Morgan fingerprint density at radius 2 is 2.23 bits per heavy atom. The van der Waals surface area contributed by atoms with Gasteiger partial charge < -0.3 is 16.4 Å². The molecule has 0 atom stereocenters. The van der Waals surface area contributed by atoms with Gasteiger partial charge in [0.05, 0.1) is 3.57 Å². The van der Waals surface area contributed by atoms with Crippen LogP contribution in [-0.4, -0.2) is 29.8 Å². The van der Waals surface area contributed by atoms with Gasteiger partial charge in [-0.2, -0.15) is 4.98 Å². The van der Waals surface area contributed by atoms with E-state index in [2.05, 4.69) is 55.1 Å². The highest BCUT2D eigenvalue weighted by Crippen LogP contribution is 2.21. The van der Waals surface area contributed by atoms with Crippen molar-refractivity contribution >= 4 is 51.9 Å². The van der Waals surface area contributed by atoms with Crippen molar-refractivity contribution in [2.45, 2.75) is 13.3 Å². The number of nitrogens with two attached hydrogens (primary N) is 1. The molecule has 0 radical (unpaired) electrons. The van der Waals surface area contributed by atoms with Gasteiger partial charge in [-0.3, -0.25) is 4.99 Å². The van der Waals surface area contributed by atoms with Gasteiger partial charge in [0.15, 0.2) is 0 Å². The van der Waals surface area contributed by atoms with Crippen LogP contribution in [0.5, 0.6) is 0 Å². The lowest BCUT2D eigenvalue weighted by atomic mass is 10.2. The molecule has 6 nitrogen and oxygen atoms in total. The van der Waals surface area contributed by atoms with Crippen molar-refractivity contribution < 1.29 is 0 Å². The van der Waals surface area contributed by atoms with Crippen LogP contribution in [0.4, 0.5) is 23.1 Å². The van der Waals surface area contributed by atoms with E-state index in [0.29, 0.717) is 11.6 Å². The monoisotopic (exact) mass is 410 g/mol. The Balaban J connectivity index is 2.21. The molecule has 7 heteroatoms. The summed E-state index contributed by atoms with van der Waals surface area (Å²) in [5.41, 5.74) is 8.32. The second-order valence-corrected chi connectivity index (χ2v) is 5.84. The zero-order valence-corrected chi connectivity index (χ0v) is 14.8. The van der Waals surface area contributed by atoms with Gasteiger partial charge >= 0.3 is 0 Å². The standard InChI is InChI=1S/C15H19IN6/c1-3-6-19-14-12(16)9-20-15(22-14)21-11-4-5-13(17)10(7-11)8-18-2/h4-5,7-9H,3,6,17H2,1-2H3,(H2,19,20,21,22). The molecule has 1 aromatic carbocycles. The molecule has 1 aromatic heterocycles. The summed E-state index contributed by atoms with van der Waals surface area (Å²) in [5, 5.41) is 6.48. The summed E-state index contributed by atoms with van der Waals surface area (Å²) in [6, 6.07) is 5.65. The highest BCUT2D eigenvalue weighted by molar-refractivity contribution is 14.1. The molecule has 4 N–H and O–H groups in total. The molecule has 0 saturated heterocycles. The minimum atomic E-state index is 0.545. The summed E-state index contributed by atoms with van der Waals surface area (Å²) in [6.45, 7) is 3.00. The molecule has 0 aliphatic carbocycles. The predicted molar refractivity (Wildman–Crippen MR) is 101 cm³/mol. The molecule has 0 spiro atoms. The lowest BCUT2D eigenvalue weighted by molar-refractivity contribution is 0.963. The van der Waals surface area contributed by atoms with Gasteiger partial charge in [0.1, 0.15) is 5.82 Å². The molecule has 0 unspecified atom stereocenters. The first-order valence-corrected chi connectivity index (χ1v) is 8.07. The van der Waals surface area contributed by atoms with Crippen LogP contribution in [0.3, 0.4) is 0 Å². The Hall–Kier alpha value is -1.90. The third-order valence-corrected chi connectivity index (χ3v) is 3.69. The number of nitrogen functional groups attached to an aromatic ring is 1. The van der Waals surface area contributed by atoms with Gasteiger partial charge in [0.25, 0.3) is 0 Å². The highest BCUT2D eigenvalue weighted by Gasteiger charge is 2.06. The number of nitrogens with one attached hydrogen (secondary N) is 2. The maximum atomic E-state index is 5.91. The van der Waals surface area contributed by atoms with Gasteiger partial charge in [-0.15, -0.1) is 0 Å². The first-order chi connectivity index (χ1) is 10.6. The Morgan fingerprint density at radius 3 is 2.95 bits per heavy atom. The Bertz CT molecular complexity index is 671. The number of halogens is 1. The van der Waals surface area contributed by atoms with Crippen LogP contribution < -0.4 is 16.4 Å². The molecule has 0 amide bonds. The average Bonchev–Trinajstić information content (AvgIpc) is 2.51. The van der Waals surface area contributed by atoms with Crippen LogP contribution >= 0.6 is 22.6 Å². The van der Waals surface area contributed by atoms with E-state index in [9.17, 15) is 0 Å². The number of hydrogen-bond donors (Lipinski definition) is 3. The van der Waals surface area contributed by atoms with Crippen molar-refractivity contribution in [3.8, 4) is 0 Å². The predicted octanol–water partition coefficient (Wildman–Crippen LogP) is 3.28. The quantitative estimate of drug-likeness (QED) is 0.387. The van der Waals surface area contributed by atoms with Gasteiger partial charge in [-0.05, 0) is 47.2 Å². The van der Waals surface area contributed by atoms with Gasteiger partial charge in [-0.1, -0.05) is 6.92 Å². The van der Waals surface area contributed by atoms with Crippen LogP contribution in [0, 0.1) is 3.57 Å². The van der Waals surface area contributed by atoms with Crippen LogP contribution in [0.1, 0.15) is 18.9 Å². The summed E-state index contributed by atoms with van der Waals surface area (Å²) in [5.74, 6) is 1.38. The Kier molecular flexibility index (Phi) is 5.93. The number of aromatic nitrogens is 2. The van der Waals surface area contributed by atoms with E-state index in [-0.39, 0.29) is 0 Å². The SMILES string of the molecule is CCCNc1nc(Nc2ccc(N)c(C=NC)c2)ncc1I.